The van der Waals surface area contributed by atoms with E-state index >= 15 is 0 Å². The van der Waals surface area contributed by atoms with Gasteiger partial charge in [-0.3, -0.25) is 4.90 Å². The van der Waals surface area contributed by atoms with E-state index in [9.17, 15) is 5.11 Å². The number of nitrogens with zero attached hydrogens (tertiary/aromatic N) is 4. The molecule has 0 bridgehead atoms. The third kappa shape index (κ3) is 3.49. The summed E-state index contributed by atoms with van der Waals surface area (Å²) in [6, 6.07) is 10.5. The average molecular weight is 286 g/mol. The number of para-hydroxylation sites is 1. The van der Waals surface area contributed by atoms with Crippen LogP contribution < -0.4 is 0 Å². The number of aliphatic hydroxyl groups excluding tert-OH is 1. The van der Waals surface area contributed by atoms with Gasteiger partial charge in [0, 0.05) is 6.04 Å². The minimum Gasteiger partial charge on any atom is -0.393 e. The second-order valence-corrected chi connectivity index (χ2v) is 5.79. The highest BCUT2D eigenvalue weighted by molar-refractivity contribution is 5.29. The molecule has 1 saturated heterocycles. The van der Waals surface area contributed by atoms with Gasteiger partial charge in [-0.1, -0.05) is 18.2 Å². The van der Waals surface area contributed by atoms with E-state index in [4.69, 9.17) is 0 Å². The first-order valence-electron chi connectivity index (χ1n) is 7.60. The Labute approximate surface area is 125 Å². The topological polar surface area (TPSA) is 54.2 Å². The highest BCUT2D eigenvalue weighted by Gasteiger charge is 2.26. The van der Waals surface area contributed by atoms with Crippen LogP contribution in [0.4, 0.5) is 0 Å². The van der Waals surface area contributed by atoms with Gasteiger partial charge in [-0.15, -0.1) is 5.10 Å². The van der Waals surface area contributed by atoms with E-state index in [1.54, 1.807) is 6.33 Å². The average Bonchev–Trinajstić information content (AvgIpc) is 3.10. The number of aromatic nitrogens is 3. The van der Waals surface area contributed by atoms with Crippen LogP contribution >= 0.6 is 0 Å². The zero-order valence-corrected chi connectivity index (χ0v) is 12.4. The maximum absolute atomic E-state index is 9.59. The molecule has 0 spiro atoms. The van der Waals surface area contributed by atoms with Crippen molar-refractivity contribution < 1.29 is 5.11 Å². The molecule has 0 amide bonds. The summed E-state index contributed by atoms with van der Waals surface area (Å²) >= 11 is 0. The lowest BCUT2D eigenvalue weighted by Gasteiger charge is -2.24. The molecule has 112 valence electrons. The zero-order valence-electron chi connectivity index (χ0n) is 12.4. The van der Waals surface area contributed by atoms with Crippen molar-refractivity contribution in [3.8, 4) is 5.69 Å². The number of rotatable bonds is 5. The molecule has 0 saturated carbocycles. The van der Waals surface area contributed by atoms with E-state index in [1.165, 1.54) is 6.42 Å². The molecule has 2 aromatic rings. The summed E-state index contributed by atoms with van der Waals surface area (Å²) in [5.41, 5.74) is 1.03. The van der Waals surface area contributed by atoms with Gasteiger partial charge >= 0.3 is 0 Å². The predicted molar refractivity (Wildman–Crippen MR) is 81.1 cm³/mol. The molecule has 0 aliphatic carbocycles. The summed E-state index contributed by atoms with van der Waals surface area (Å²) in [7, 11) is 0. The molecule has 5 nitrogen and oxygen atoms in total. The van der Waals surface area contributed by atoms with Crippen LogP contribution in [0, 0.1) is 0 Å². The lowest BCUT2D eigenvalue weighted by Crippen LogP contribution is -2.31. The van der Waals surface area contributed by atoms with Crippen LogP contribution in [-0.2, 0) is 6.54 Å². The van der Waals surface area contributed by atoms with Gasteiger partial charge in [0.15, 0.2) is 5.82 Å². The Kier molecular flexibility index (Phi) is 4.31. The molecule has 1 aromatic heterocycles. The zero-order chi connectivity index (χ0) is 14.7. The molecule has 2 unspecified atom stereocenters. The van der Waals surface area contributed by atoms with Gasteiger partial charge in [-0.05, 0) is 44.9 Å². The minimum atomic E-state index is -0.245. The van der Waals surface area contributed by atoms with Crippen LogP contribution in [0.25, 0.3) is 5.69 Å². The van der Waals surface area contributed by atoms with Gasteiger partial charge in [-0.2, -0.15) is 0 Å². The summed E-state index contributed by atoms with van der Waals surface area (Å²) in [4.78, 5) is 6.80. The lowest BCUT2D eigenvalue weighted by molar-refractivity contribution is 0.129. The van der Waals surface area contributed by atoms with E-state index in [-0.39, 0.29) is 6.10 Å². The van der Waals surface area contributed by atoms with Crippen molar-refractivity contribution in [2.45, 2.75) is 44.9 Å². The normalized spacial score (nSPS) is 20.8. The summed E-state index contributed by atoms with van der Waals surface area (Å²) in [5.74, 6) is 0.844. The third-order valence-corrected chi connectivity index (χ3v) is 4.02. The number of benzene rings is 1. The molecule has 2 heterocycles. The predicted octanol–water partition coefficient (Wildman–Crippen LogP) is 2.00. The maximum Gasteiger partial charge on any atom is 0.165 e. The van der Waals surface area contributed by atoms with Crippen molar-refractivity contribution in [1.82, 2.24) is 19.7 Å². The Morgan fingerprint density at radius 3 is 2.90 bits per heavy atom. The smallest absolute Gasteiger partial charge is 0.165 e. The van der Waals surface area contributed by atoms with E-state index in [0.717, 1.165) is 37.4 Å². The quantitative estimate of drug-likeness (QED) is 0.913. The first-order chi connectivity index (χ1) is 10.2. The molecule has 1 aromatic carbocycles. The Bertz CT molecular complexity index is 567. The molecule has 1 N–H and O–H groups in total. The van der Waals surface area contributed by atoms with Crippen LogP contribution in [0.1, 0.15) is 32.0 Å². The van der Waals surface area contributed by atoms with Crippen molar-refractivity contribution >= 4 is 0 Å². The van der Waals surface area contributed by atoms with Crippen molar-refractivity contribution in [3.63, 3.8) is 0 Å². The summed E-state index contributed by atoms with van der Waals surface area (Å²) in [6.07, 6.45) is 4.70. The van der Waals surface area contributed by atoms with Crippen LogP contribution in [0.5, 0.6) is 0 Å². The third-order valence-electron chi connectivity index (χ3n) is 4.02. The summed E-state index contributed by atoms with van der Waals surface area (Å²) < 4.78 is 1.81. The molecule has 1 aliphatic heterocycles. The van der Waals surface area contributed by atoms with Gasteiger partial charge < -0.3 is 5.11 Å². The molecule has 3 rings (SSSR count). The molecule has 0 radical (unpaired) electrons. The van der Waals surface area contributed by atoms with Gasteiger partial charge in [0.2, 0.25) is 0 Å². The molecular formula is C16H22N4O. The van der Waals surface area contributed by atoms with Gasteiger partial charge in [-0.25, -0.2) is 9.67 Å². The molecule has 5 heteroatoms. The van der Waals surface area contributed by atoms with E-state index in [1.807, 2.05) is 41.9 Å². The Balaban J connectivity index is 1.67. The van der Waals surface area contributed by atoms with Crippen molar-refractivity contribution in [1.29, 1.82) is 0 Å². The second-order valence-electron chi connectivity index (χ2n) is 5.79. The van der Waals surface area contributed by atoms with Gasteiger partial charge in [0.05, 0.1) is 18.3 Å². The van der Waals surface area contributed by atoms with Crippen LogP contribution in [0.3, 0.4) is 0 Å². The standard InChI is InChI=1S/C16H22N4O/c1-13(21)10-15-8-5-9-19(15)11-16-17-12-20(18-16)14-6-3-2-4-7-14/h2-4,6-7,12-13,15,21H,5,8-11H2,1H3. The number of hydrogen-bond donors (Lipinski definition) is 1. The maximum atomic E-state index is 9.59. The van der Waals surface area contributed by atoms with Crippen molar-refractivity contribution in [2.24, 2.45) is 0 Å². The molecule has 1 aliphatic rings. The number of aliphatic hydroxyl groups is 1. The Morgan fingerprint density at radius 2 is 2.14 bits per heavy atom. The molecule has 1 fully saturated rings. The van der Waals surface area contributed by atoms with E-state index in [2.05, 4.69) is 15.0 Å². The van der Waals surface area contributed by atoms with Gasteiger partial charge in [0.25, 0.3) is 0 Å². The fourth-order valence-corrected chi connectivity index (χ4v) is 3.02. The number of likely N-dealkylation sites (tertiary alicyclic amines) is 1. The van der Waals surface area contributed by atoms with Crippen molar-refractivity contribution in [2.75, 3.05) is 6.54 Å². The minimum absolute atomic E-state index is 0.245. The highest BCUT2D eigenvalue weighted by Crippen LogP contribution is 2.22. The summed E-state index contributed by atoms with van der Waals surface area (Å²) in [6.45, 7) is 3.69. The first-order valence-corrected chi connectivity index (χ1v) is 7.60. The molecule has 21 heavy (non-hydrogen) atoms. The lowest BCUT2D eigenvalue weighted by atomic mass is 10.1. The van der Waals surface area contributed by atoms with Crippen LogP contribution in [-0.4, -0.2) is 43.5 Å². The Hall–Kier alpha value is -1.72. The monoisotopic (exact) mass is 286 g/mol. The summed E-state index contributed by atoms with van der Waals surface area (Å²) in [5, 5.41) is 14.1. The molecular weight excluding hydrogens is 264 g/mol. The fraction of sp³-hybridized carbons (Fsp3) is 0.500. The second kappa shape index (κ2) is 6.37. The molecule has 2 atom stereocenters. The fourth-order valence-electron chi connectivity index (χ4n) is 3.02. The largest absolute Gasteiger partial charge is 0.393 e. The van der Waals surface area contributed by atoms with Crippen LogP contribution in [0.15, 0.2) is 36.7 Å². The Morgan fingerprint density at radius 1 is 1.33 bits per heavy atom. The highest BCUT2D eigenvalue weighted by atomic mass is 16.3. The van der Waals surface area contributed by atoms with Crippen LogP contribution in [0.2, 0.25) is 0 Å². The van der Waals surface area contributed by atoms with E-state index in [0.29, 0.717) is 6.04 Å². The number of hydrogen-bond acceptors (Lipinski definition) is 4. The first kappa shape index (κ1) is 14.2. The van der Waals surface area contributed by atoms with E-state index < -0.39 is 0 Å². The van der Waals surface area contributed by atoms with Crippen molar-refractivity contribution in [3.05, 3.63) is 42.5 Å². The van der Waals surface area contributed by atoms with Gasteiger partial charge in [0.1, 0.15) is 6.33 Å². The SMILES string of the molecule is CC(O)CC1CCCN1Cc1ncn(-c2ccccc2)n1.